The van der Waals surface area contributed by atoms with Crippen LogP contribution in [-0.4, -0.2) is 34.8 Å². The van der Waals surface area contributed by atoms with Crippen molar-refractivity contribution in [3.63, 3.8) is 0 Å². The van der Waals surface area contributed by atoms with Crippen LogP contribution in [0.5, 0.6) is 5.75 Å². The van der Waals surface area contributed by atoms with E-state index >= 15 is 0 Å². The van der Waals surface area contributed by atoms with Crippen LogP contribution in [0, 0.1) is 13.8 Å². The van der Waals surface area contributed by atoms with E-state index < -0.39 is 0 Å². The quantitative estimate of drug-likeness (QED) is 0.720. The number of pyridine rings is 1. The van der Waals surface area contributed by atoms with E-state index in [0.29, 0.717) is 36.5 Å². The highest BCUT2D eigenvalue weighted by atomic mass is 16.5. The van der Waals surface area contributed by atoms with Crippen LogP contribution < -0.4 is 10.1 Å². The van der Waals surface area contributed by atoms with Gasteiger partial charge in [-0.1, -0.05) is 24.3 Å². The molecule has 0 aliphatic carbocycles. The Balaban J connectivity index is 1.54. The third-order valence-corrected chi connectivity index (χ3v) is 5.15. The second kappa shape index (κ2) is 8.37. The van der Waals surface area contributed by atoms with E-state index in [9.17, 15) is 9.59 Å². The number of nitrogens with zero attached hydrogens (tertiary/aromatic N) is 2. The summed E-state index contributed by atoms with van der Waals surface area (Å²) < 4.78 is 5.76. The summed E-state index contributed by atoms with van der Waals surface area (Å²) >= 11 is 0. The van der Waals surface area contributed by atoms with Gasteiger partial charge in [-0.15, -0.1) is 0 Å². The van der Waals surface area contributed by atoms with Crippen LogP contribution in [0.1, 0.15) is 37.5 Å². The molecule has 0 spiro atoms. The van der Waals surface area contributed by atoms with Crippen molar-refractivity contribution in [1.29, 1.82) is 0 Å². The fourth-order valence-electron chi connectivity index (χ4n) is 3.37. The number of nitrogens with one attached hydrogen (secondary N) is 1. The van der Waals surface area contributed by atoms with Crippen LogP contribution in [0.4, 0.5) is 5.69 Å². The molecule has 0 unspecified atom stereocenters. The number of carbonyl (C=O) groups excluding carboxylic acids is 2. The van der Waals surface area contributed by atoms with Gasteiger partial charge in [0.15, 0.2) is 0 Å². The molecule has 1 aliphatic heterocycles. The standard InChI is InChI=1S/C24H23N3O3/c1-16-7-9-18(13-21(16)26-23(28)19-10-8-17(2)25-14-19)24(29)27-11-12-30-22-6-4-3-5-20(22)15-27/h3-10,13-14H,11-12,15H2,1-2H3,(H,26,28). The van der Waals surface area contributed by atoms with Crippen molar-refractivity contribution in [3.8, 4) is 5.75 Å². The summed E-state index contributed by atoms with van der Waals surface area (Å²) in [5, 5.41) is 2.90. The van der Waals surface area contributed by atoms with Gasteiger partial charge in [0.2, 0.25) is 0 Å². The largest absolute Gasteiger partial charge is 0.491 e. The molecule has 0 bridgehead atoms. The third kappa shape index (κ3) is 4.17. The molecule has 4 rings (SSSR count). The van der Waals surface area contributed by atoms with E-state index in [2.05, 4.69) is 10.3 Å². The number of rotatable bonds is 3. The van der Waals surface area contributed by atoms with E-state index in [1.807, 2.05) is 44.2 Å². The number of para-hydroxylation sites is 1. The zero-order valence-corrected chi connectivity index (χ0v) is 17.0. The molecule has 0 saturated carbocycles. The molecule has 0 radical (unpaired) electrons. The molecule has 1 aromatic heterocycles. The summed E-state index contributed by atoms with van der Waals surface area (Å²) in [4.78, 5) is 31.7. The van der Waals surface area contributed by atoms with Crippen molar-refractivity contribution >= 4 is 17.5 Å². The summed E-state index contributed by atoms with van der Waals surface area (Å²) in [6.07, 6.45) is 1.55. The summed E-state index contributed by atoms with van der Waals surface area (Å²) in [7, 11) is 0. The van der Waals surface area contributed by atoms with Gasteiger partial charge < -0.3 is 15.0 Å². The first-order chi connectivity index (χ1) is 14.5. The number of anilines is 1. The molecule has 30 heavy (non-hydrogen) atoms. The smallest absolute Gasteiger partial charge is 0.257 e. The lowest BCUT2D eigenvalue weighted by Gasteiger charge is -2.20. The van der Waals surface area contributed by atoms with Gasteiger partial charge in [0, 0.05) is 35.2 Å². The van der Waals surface area contributed by atoms with Gasteiger partial charge in [-0.25, -0.2) is 0 Å². The minimum atomic E-state index is -0.257. The zero-order valence-electron chi connectivity index (χ0n) is 17.0. The van der Waals surface area contributed by atoms with Crippen LogP contribution in [0.15, 0.2) is 60.8 Å². The minimum Gasteiger partial charge on any atom is -0.491 e. The zero-order chi connectivity index (χ0) is 21.1. The number of carbonyl (C=O) groups is 2. The van der Waals surface area contributed by atoms with Crippen LogP contribution in [-0.2, 0) is 6.54 Å². The molecular weight excluding hydrogens is 378 g/mol. The first-order valence-corrected chi connectivity index (χ1v) is 9.86. The first kappa shape index (κ1) is 19.6. The molecule has 1 N–H and O–H groups in total. The highest BCUT2D eigenvalue weighted by molar-refractivity contribution is 6.05. The van der Waals surface area contributed by atoms with Crippen LogP contribution in [0.2, 0.25) is 0 Å². The molecule has 1 aliphatic rings. The van der Waals surface area contributed by atoms with E-state index in [0.717, 1.165) is 22.6 Å². The summed E-state index contributed by atoms with van der Waals surface area (Å²) in [5.74, 6) is 0.464. The molecule has 0 fully saturated rings. The van der Waals surface area contributed by atoms with Crippen molar-refractivity contribution < 1.29 is 14.3 Å². The molecule has 3 aromatic rings. The van der Waals surface area contributed by atoms with Gasteiger partial charge in [0.1, 0.15) is 12.4 Å². The number of fused-ring (bicyclic) bond motifs is 1. The van der Waals surface area contributed by atoms with Crippen LogP contribution >= 0.6 is 0 Å². The Hall–Kier alpha value is -3.67. The van der Waals surface area contributed by atoms with Crippen molar-refractivity contribution in [2.24, 2.45) is 0 Å². The van der Waals surface area contributed by atoms with Gasteiger partial charge in [0.05, 0.1) is 12.1 Å². The first-order valence-electron chi connectivity index (χ1n) is 9.86. The summed E-state index contributed by atoms with van der Waals surface area (Å²) in [6, 6.07) is 16.6. The Morgan fingerprint density at radius 1 is 1.03 bits per heavy atom. The molecule has 0 saturated heterocycles. The summed E-state index contributed by atoms with van der Waals surface area (Å²) in [6.45, 7) is 5.19. The number of hydrogen-bond acceptors (Lipinski definition) is 4. The summed E-state index contributed by atoms with van der Waals surface area (Å²) in [5.41, 5.74) is 4.31. The number of amides is 2. The van der Waals surface area contributed by atoms with Crippen molar-refractivity contribution in [2.75, 3.05) is 18.5 Å². The second-order valence-electron chi connectivity index (χ2n) is 7.35. The van der Waals surface area contributed by atoms with Crippen molar-refractivity contribution in [1.82, 2.24) is 9.88 Å². The molecule has 6 nitrogen and oxygen atoms in total. The molecule has 2 amide bonds. The Bertz CT molecular complexity index is 1090. The predicted molar refractivity (Wildman–Crippen MR) is 115 cm³/mol. The monoisotopic (exact) mass is 401 g/mol. The molecule has 152 valence electrons. The minimum absolute atomic E-state index is 0.0946. The Labute approximate surface area is 175 Å². The van der Waals surface area contributed by atoms with Gasteiger partial charge in [-0.05, 0) is 49.7 Å². The fraction of sp³-hybridized carbons (Fsp3) is 0.208. The normalized spacial score (nSPS) is 13.1. The van der Waals surface area contributed by atoms with E-state index in [1.54, 1.807) is 35.4 Å². The number of aryl methyl sites for hydroxylation is 2. The van der Waals surface area contributed by atoms with Crippen molar-refractivity contribution in [2.45, 2.75) is 20.4 Å². The Morgan fingerprint density at radius 3 is 2.63 bits per heavy atom. The number of benzene rings is 2. The third-order valence-electron chi connectivity index (χ3n) is 5.15. The van der Waals surface area contributed by atoms with Gasteiger partial charge in [-0.3, -0.25) is 14.6 Å². The lowest BCUT2D eigenvalue weighted by molar-refractivity contribution is 0.0733. The van der Waals surface area contributed by atoms with Crippen molar-refractivity contribution in [3.05, 3.63) is 88.7 Å². The molecule has 6 heteroatoms. The molecule has 0 atom stereocenters. The average molecular weight is 401 g/mol. The maximum atomic E-state index is 13.2. The number of hydrogen-bond donors (Lipinski definition) is 1. The van der Waals surface area contributed by atoms with E-state index in [4.69, 9.17) is 4.74 Å². The second-order valence-corrected chi connectivity index (χ2v) is 7.35. The number of aromatic nitrogens is 1. The predicted octanol–water partition coefficient (Wildman–Crippen LogP) is 3.99. The SMILES string of the molecule is Cc1ccc(C(=O)Nc2cc(C(=O)N3CCOc4ccccc4C3)ccc2C)cn1. The van der Waals surface area contributed by atoms with Crippen LogP contribution in [0.25, 0.3) is 0 Å². The lowest BCUT2D eigenvalue weighted by atomic mass is 10.1. The molecule has 2 heterocycles. The van der Waals surface area contributed by atoms with Crippen LogP contribution in [0.3, 0.4) is 0 Å². The topological polar surface area (TPSA) is 71.5 Å². The molecule has 2 aromatic carbocycles. The van der Waals surface area contributed by atoms with Gasteiger partial charge in [-0.2, -0.15) is 0 Å². The Morgan fingerprint density at radius 2 is 1.83 bits per heavy atom. The highest BCUT2D eigenvalue weighted by Crippen LogP contribution is 2.25. The fourth-order valence-corrected chi connectivity index (χ4v) is 3.37. The highest BCUT2D eigenvalue weighted by Gasteiger charge is 2.21. The number of ether oxygens (including phenoxy) is 1. The maximum Gasteiger partial charge on any atom is 0.257 e. The van der Waals surface area contributed by atoms with Gasteiger partial charge >= 0.3 is 0 Å². The lowest BCUT2D eigenvalue weighted by Crippen LogP contribution is -2.32. The maximum absolute atomic E-state index is 13.2. The molecular formula is C24H23N3O3. The Kier molecular flexibility index (Phi) is 5.48. The van der Waals surface area contributed by atoms with E-state index in [1.165, 1.54) is 0 Å². The van der Waals surface area contributed by atoms with Gasteiger partial charge in [0.25, 0.3) is 11.8 Å². The van der Waals surface area contributed by atoms with E-state index in [-0.39, 0.29) is 11.8 Å². The average Bonchev–Trinajstić information content (AvgIpc) is 2.97.